The molecule has 2 atom stereocenters. The Kier molecular flexibility index (Phi) is 9.80. The number of carbonyl (C=O) groups is 4. The van der Waals surface area contributed by atoms with E-state index in [0.717, 1.165) is 21.9 Å². The molecule has 5 aromatic carbocycles. The molecule has 2 heterocycles. The lowest BCUT2D eigenvalue weighted by molar-refractivity contribution is -0.385. The normalized spacial score (nSPS) is 16.1. The number of nitro benzene ring substituents is 1. The van der Waals surface area contributed by atoms with Crippen LogP contribution in [0.1, 0.15) is 47.9 Å². The summed E-state index contributed by atoms with van der Waals surface area (Å²) in [6, 6.07) is 22.5. The number of anilines is 2. The van der Waals surface area contributed by atoms with Crippen LogP contribution in [-0.4, -0.2) is 53.5 Å². The predicted molar refractivity (Wildman–Crippen MR) is 203 cm³/mol. The van der Waals surface area contributed by atoms with Crippen LogP contribution in [0.4, 0.5) is 17.1 Å². The highest BCUT2D eigenvalue weighted by Crippen LogP contribution is 2.47. The van der Waals surface area contributed by atoms with Crippen molar-refractivity contribution >= 4 is 85.6 Å². The average Bonchev–Trinajstić information content (AvgIpc) is 3.70. The number of hydrogen-bond acceptors (Lipinski definition) is 8. The van der Waals surface area contributed by atoms with E-state index in [4.69, 9.17) is 32.7 Å². The van der Waals surface area contributed by atoms with Crippen molar-refractivity contribution in [2.75, 3.05) is 34.6 Å². The zero-order chi connectivity index (χ0) is 37.6. The predicted octanol–water partition coefficient (Wildman–Crippen LogP) is 7.58. The van der Waals surface area contributed by atoms with Crippen molar-refractivity contribution in [3.63, 3.8) is 0 Å². The maximum absolute atomic E-state index is 14.0. The quantitative estimate of drug-likeness (QED) is 0.0494. The number of nitro groups is 1. The second-order valence-corrected chi connectivity index (χ2v) is 13.8. The van der Waals surface area contributed by atoms with Gasteiger partial charge in [0.2, 0.25) is 11.8 Å². The van der Waals surface area contributed by atoms with Crippen molar-refractivity contribution in [2.24, 2.45) is 0 Å². The Bertz CT molecular complexity index is 2210. The summed E-state index contributed by atoms with van der Waals surface area (Å²) in [5.74, 6) is -1.02. The fourth-order valence-corrected chi connectivity index (χ4v) is 8.13. The van der Waals surface area contributed by atoms with Crippen molar-refractivity contribution in [3.05, 3.63) is 111 Å². The summed E-state index contributed by atoms with van der Waals surface area (Å²) in [6.45, 7) is 3.15. The number of rotatable bonds is 9. The van der Waals surface area contributed by atoms with Gasteiger partial charge in [0.1, 0.15) is 11.5 Å². The second kappa shape index (κ2) is 14.5. The van der Waals surface area contributed by atoms with Crippen molar-refractivity contribution in [1.82, 2.24) is 0 Å². The molecule has 53 heavy (non-hydrogen) atoms. The monoisotopic (exact) mass is 753 g/mol. The summed E-state index contributed by atoms with van der Waals surface area (Å²) in [6.07, 6.45) is -0.405. The van der Waals surface area contributed by atoms with Crippen LogP contribution in [0.3, 0.4) is 0 Å². The molecule has 0 aliphatic carbocycles. The number of amides is 2. The lowest BCUT2D eigenvalue weighted by Crippen LogP contribution is -2.32. The molecular formula is C40H33Cl2N3O8. The van der Waals surface area contributed by atoms with Gasteiger partial charge < -0.3 is 19.3 Å². The number of hydrogen-bond donors (Lipinski definition) is 0. The van der Waals surface area contributed by atoms with Gasteiger partial charge in [-0.2, -0.15) is 0 Å². The van der Waals surface area contributed by atoms with Crippen LogP contribution in [0, 0.1) is 10.1 Å². The molecule has 2 aliphatic rings. The minimum absolute atomic E-state index is 0.203. The van der Waals surface area contributed by atoms with E-state index in [1.807, 2.05) is 48.5 Å². The Morgan fingerprint density at radius 3 is 1.43 bits per heavy atom. The van der Waals surface area contributed by atoms with E-state index in [2.05, 4.69) is 0 Å². The summed E-state index contributed by atoms with van der Waals surface area (Å²) >= 11 is 12.8. The van der Waals surface area contributed by atoms with Gasteiger partial charge in [0.15, 0.2) is 0 Å². The van der Waals surface area contributed by atoms with Crippen molar-refractivity contribution in [2.45, 2.75) is 38.5 Å². The van der Waals surface area contributed by atoms with Gasteiger partial charge in [-0.1, -0.05) is 54.6 Å². The Morgan fingerprint density at radius 1 is 0.679 bits per heavy atom. The fraction of sp³-hybridized carbons (Fsp3) is 0.250. The third-order valence-electron chi connectivity index (χ3n) is 9.70. The highest BCUT2D eigenvalue weighted by atomic mass is 35.5. The first kappa shape index (κ1) is 35.9. The summed E-state index contributed by atoms with van der Waals surface area (Å²) in [7, 11) is 0. The minimum atomic E-state index is -0.555. The van der Waals surface area contributed by atoms with E-state index in [1.165, 1.54) is 26.0 Å². The standard InChI is InChI=1S/C40H33Cl2N3O8/c1-22(46)52-35-16-33-39(31-9-5-3-7-29(31)35)26(18-41)20-43(33)37(48)14-24-11-25(13-28(12-24)45(50)51)15-38(49)44-21-27(19-42)40-32-10-6-4-8-30(32)36(17-34(40)44)53-23(2)47/h3-13,16-17,26-27H,14-15,18-21H2,1-2H3/t26-,27-/m1/s1. The highest BCUT2D eigenvalue weighted by Gasteiger charge is 2.37. The SMILES string of the molecule is CC(=O)Oc1cc2c(c3ccccc13)[C@H](CCl)CN2C(=O)Cc1cc(CC(=O)N2C[C@@H](CCl)c3c2cc(OC(C)=O)c2ccccc32)cc([N+](=O)[O-])c1. The van der Waals surface area contributed by atoms with Crippen LogP contribution >= 0.6 is 23.2 Å². The first-order valence-electron chi connectivity index (χ1n) is 16.9. The van der Waals surface area contributed by atoms with E-state index in [9.17, 15) is 29.3 Å². The van der Waals surface area contributed by atoms with Gasteiger partial charge in [-0.25, -0.2) is 0 Å². The lowest BCUT2D eigenvalue weighted by atomic mass is 9.95. The fourth-order valence-electron chi connectivity index (χ4n) is 7.62. The van der Waals surface area contributed by atoms with E-state index in [1.54, 1.807) is 28.0 Å². The number of halogens is 2. The molecule has 2 aliphatic heterocycles. The van der Waals surface area contributed by atoms with Gasteiger partial charge in [0.25, 0.3) is 5.69 Å². The van der Waals surface area contributed by atoms with Crippen LogP contribution in [0.2, 0.25) is 0 Å². The first-order valence-corrected chi connectivity index (χ1v) is 18.0. The minimum Gasteiger partial charge on any atom is -0.426 e. The van der Waals surface area contributed by atoms with Gasteiger partial charge in [0.05, 0.1) is 29.1 Å². The Balaban J connectivity index is 1.20. The van der Waals surface area contributed by atoms with E-state index in [-0.39, 0.29) is 67.0 Å². The number of fused-ring (bicyclic) bond motifs is 6. The van der Waals surface area contributed by atoms with E-state index in [0.29, 0.717) is 44.8 Å². The van der Waals surface area contributed by atoms with Crippen LogP contribution in [-0.2, 0) is 32.0 Å². The van der Waals surface area contributed by atoms with Crippen molar-refractivity contribution < 1.29 is 33.6 Å². The van der Waals surface area contributed by atoms with Crippen LogP contribution in [0.15, 0.2) is 78.9 Å². The number of ether oxygens (including phenoxy) is 2. The second-order valence-electron chi connectivity index (χ2n) is 13.2. The molecule has 0 fully saturated rings. The van der Waals surface area contributed by atoms with Gasteiger partial charge in [0, 0.05) is 85.6 Å². The van der Waals surface area contributed by atoms with Gasteiger partial charge >= 0.3 is 11.9 Å². The van der Waals surface area contributed by atoms with E-state index >= 15 is 0 Å². The molecule has 0 radical (unpaired) electrons. The zero-order valence-electron chi connectivity index (χ0n) is 28.8. The molecular weight excluding hydrogens is 721 g/mol. The molecule has 5 aromatic rings. The number of carbonyl (C=O) groups excluding carboxylic acids is 4. The zero-order valence-corrected chi connectivity index (χ0v) is 30.3. The molecule has 13 heteroatoms. The Hall–Kier alpha value is -5.52. The maximum atomic E-state index is 14.0. The number of benzene rings is 5. The molecule has 2 amide bonds. The number of esters is 2. The maximum Gasteiger partial charge on any atom is 0.308 e. The molecule has 0 saturated carbocycles. The van der Waals surface area contributed by atoms with Gasteiger partial charge in [-0.15, -0.1) is 23.2 Å². The summed E-state index contributed by atoms with van der Waals surface area (Å²) in [5, 5.41) is 15.1. The summed E-state index contributed by atoms with van der Waals surface area (Å²) < 4.78 is 11.1. The molecule has 0 N–H and O–H groups in total. The van der Waals surface area contributed by atoms with Crippen LogP contribution < -0.4 is 19.3 Å². The molecule has 0 aromatic heterocycles. The topological polar surface area (TPSA) is 136 Å². The number of nitrogens with zero attached hydrogens (tertiary/aromatic N) is 3. The number of alkyl halides is 2. The molecule has 11 nitrogen and oxygen atoms in total. The first-order chi connectivity index (χ1) is 25.5. The van der Waals surface area contributed by atoms with Crippen LogP contribution in [0.25, 0.3) is 21.5 Å². The highest BCUT2D eigenvalue weighted by molar-refractivity contribution is 6.19. The molecule has 0 spiro atoms. The Labute approximate surface area is 314 Å². The van der Waals surface area contributed by atoms with Crippen LogP contribution in [0.5, 0.6) is 11.5 Å². The Morgan fingerprint density at radius 2 is 1.08 bits per heavy atom. The van der Waals surface area contributed by atoms with E-state index < -0.39 is 16.9 Å². The third-order valence-corrected chi connectivity index (χ3v) is 10.4. The van der Waals surface area contributed by atoms with Crippen molar-refractivity contribution in [3.8, 4) is 11.5 Å². The third kappa shape index (κ3) is 6.78. The molecule has 7 rings (SSSR count). The molecule has 0 bridgehead atoms. The molecule has 270 valence electrons. The molecule has 0 saturated heterocycles. The summed E-state index contributed by atoms with van der Waals surface area (Å²) in [4.78, 5) is 66.7. The van der Waals surface area contributed by atoms with Gasteiger partial charge in [-0.05, 0) is 33.0 Å². The lowest BCUT2D eigenvalue weighted by Gasteiger charge is -2.20. The number of non-ortho nitro benzene ring substituents is 1. The largest absolute Gasteiger partial charge is 0.426 e. The van der Waals surface area contributed by atoms with Gasteiger partial charge in [-0.3, -0.25) is 29.3 Å². The summed E-state index contributed by atoms with van der Waals surface area (Å²) in [5.41, 5.74) is 3.27. The average molecular weight is 755 g/mol. The smallest absolute Gasteiger partial charge is 0.308 e. The molecule has 0 unspecified atom stereocenters. The van der Waals surface area contributed by atoms with Crippen molar-refractivity contribution in [1.29, 1.82) is 0 Å².